The molecule has 1 aliphatic rings. The minimum Gasteiger partial charge on any atom is -0.350 e. The van der Waals surface area contributed by atoms with Gasteiger partial charge in [0.1, 0.15) is 0 Å². The lowest BCUT2D eigenvalue weighted by atomic mass is 10.0. The van der Waals surface area contributed by atoms with Gasteiger partial charge in [-0.2, -0.15) is 5.10 Å². The van der Waals surface area contributed by atoms with Crippen LogP contribution >= 0.6 is 0 Å². The Balaban J connectivity index is 1.45. The fourth-order valence-electron chi connectivity index (χ4n) is 4.30. The number of rotatable bonds is 6. The normalized spacial score (nSPS) is 17.5. The van der Waals surface area contributed by atoms with E-state index < -0.39 is 0 Å². The fraction of sp³-hybridized carbons (Fsp3) is 0.458. The maximum absolute atomic E-state index is 13.0. The molecule has 6 nitrogen and oxygen atoms in total. The highest BCUT2D eigenvalue weighted by Gasteiger charge is 2.24. The van der Waals surface area contributed by atoms with Crippen LogP contribution in [0, 0.1) is 6.92 Å². The van der Waals surface area contributed by atoms with Gasteiger partial charge in [-0.15, -0.1) is 0 Å². The lowest BCUT2D eigenvalue weighted by molar-refractivity contribution is 0.0907. The molecule has 0 bridgehead atoms. The number of aromatic nitrogens is 3. The van der Waals surface area contributed by atoms with Crippen LogP contribution in [0.3, 0.4) is 0 Å². The van der Waals surface area contributed by atoms with Crippen molar-refractivity contribution in [1.29, 1.82) is 0 Å². The predicted octanol–water partition coefficient (Wildman–Crippen LogP) is 4.11. The topological polar surface area (TPSA) is 63.1 Å². The van der Waals surface area contributed by atoms with Gasteiger partial charge in [0.2, 0.25) is 0 Å². The standard InChI is InChI=1S/C24H31N5O/c1-17(2)29-23-20(14-26-29)13-22(18(3)27-23)24(30)25-15-21-11-7-8-12-28(21)16-19-9-5-4-6-10-19/h4-6,9-10,13-14,17,21H,7-8,11-12,15-16H2,1-3H3,(H,25,30). The van der Waals surface area contributed by atoms with Crippen molar-refractivity contribution in [2.24, 2.45) is 0 Å². The van der Waals surface area contributed by atoms with Crippen LogP contribution in [0.5, 0.6) is 0 Å². The van der Waals surface area contributed by atoms with Crippen LogP contribution < -0.4 is 5.32 Å². The third kappa shape index (κ3) is 4.38. The van der Waals surface area contributed by atoms with Gasteiger partial charge in [-0.05, 0) is 51.8 Å². The van der Waals surface area contributed by atoms with Gasteiger partial charge in [0.05, 0.1) is 17.5 Å². The molecule has 0 spiro atoms. The Bertz CT molecular complexity index is 1010. The third-order valence-corrected chi connectivity index (χ3v) is 5.97. The monoisotopic (exact) mass is 405 g/mol. The summed E-state index contributed by atoms with van der Waals surface area (Å²) in [6.07, 6.45) is 5.34. The number of amides is 1. The second-order valence-electron chi connectivity index (χ2n) is 8.53. The number of likely N-dealkylation sites (tertiary alicyclic amines) is 1. The molecule has 1 atom stereocenters. The van der Waals surface area contributed by atoms with E-state index in [4.69, 9.17) is 0 Å². The largest absolute Gasteiger partial charge is 0.350 e. The van der Waals surface area contributed by atoms with E-state index in [2.05, 4.69) is 64.5 Å². The highest BCUT2D eigenvalue weighted by Crippen LogP contribution is 2.21. The summed E-state index contributed by atoms with van der Waals surface area (Å²) >= 11 is 0. The molecule has 6 heteroatoms. The fourth-order valence-corrected chi connectivity index (χ4v) is 4.30. The van der Waals surface area contributed by atoms with Crippen LogP contribution in [0.2, 0.25) is 0 Å². The average molecular weight is 406 g/mol. The molecule has 1 saturated heterocycles. The Morgan fingerprint density at radius 1 is 1.23 bits per heavy atom. The van der Waals surface area contributed by atoms with Gasteiger partial charge < -0.3 is 5.32 Å². The van der Waals surface area contributed by atoms with Crippen LogP contribution in [0.4, 0.5) is 0 Å². The van der Waals surface area contributed by atoms with Gasteiger partial charge >= 0.3 is 0 Å². The van der Waals surface area contributed by atoms with Gasteiger partial charge in [-0.25, -0.2) is 9.67 Å². The molecular formula is C24H31N5O. The number of pyridine rings is 1. The number of fused-ring (bicyclic) bond motifs is 1. The maximum Gasteiger partial charge on any atom is 0.253 e. The summed E-state index contributed by atoms with van der Waals surface area (Å²) in [4.78, 5) is 20.1. The number of piperidine rings is 1. The zero-order chi connectivity index (χ0) is 21.1. The van der Waals surface area contributed by atoms with E-state index in [1.165, 1.54) is 18.4 Å². The van der Waals surface area contributed by atoms with Gasteiger partial charge in [0.25, 0.3) is 5.91 Å². The quantitative estimate of drug-likeness (QED) is 0.670. The number of benzene rings is 1. The van der Waals surface area contributed by atoms with E-state index in [-0.39, 0.29) is 11.9 Å². The van der Waals surface area contributed by atoms with Crippen molar-refractivity contribution < 1.29 is 4.79 Å². The minimum atomic E-state index is -0.0515. The molecule has 0 saturated carbocycles. The number of carbonyl (C=O) groups excluding carboxylic acids is 1. The van der Waals surface area contributed by atoms with Gasteiger partial charge in [-0.1, -0.05) is 36.8 Å². The molecule has 1 aromatic carbocycles. The first-order chi connectivity index (χ1) is 14.5. The Hall–Kier alpha value is -2.73. The first kappa shape index (κ1) is 20.5. The predicted molar refractivity (Wildman–Crippen MR) is 119 cm³/mol. The molecule has 158 valence electrons. The van der Waals surface area contributed by atoms with Crippen LogP contribution in [-0.4, -0.2) is 44.7 Å². The number of hydrogen-bond donors (Lipinski definition) is 1. The first-order valence-corrected chi connectivity index (χ1v) is 10.9. The van der Waals surface area contributed by atoms with Gasteiger partial charge in [-0.3, -0.25) is 9.69 Å². The number of nitrogens with one attached hydrogen (secondary N) is 1. The first-order valence-electron chi connectivity index (χ1n) is 10.9. The van der Waals surface area contributed by atoms with E-state index >= 15 is 0 Å². The highest BCUT2D eigenvalue weighted by molar-refractivity contribution is 5.98. The molecule has 1 aliphatic heterocycles. The van der Waals surface area contributed by atoms with Crippen LogP contribution in [0.15, 0.2) is 42.6 Å². The molecule has 2 aromatic heterocycles. The zero-order valence-corrected chi connectivity index (χ0v) is 18.1. The van der Waals surface area contributed by atoms with E-state index in [1.807, 2.05) is 17.7 Å². The summed E-state index contributed by atoms with van der Waals surface area (Å²) in [6.45, 7) is 8.73. The number of hydrogen-bond acceptors (Lipinski definition) is 4. The molecule has 1 amide bonds. The number of nitrogens with zero attached hydrogens (tertiary/aromatic N) is 4. The van der Waals surface area contributed by atoms with Crippen LogP contribution in [0.25, 0.3) is 11.0 Å². The van der Waals surface area contributed by atoms with E-state index in [1.54, 1.807) is 6.20 Å². The lowest BCUT2D eigenvalue weighted by Gasteiger charge is -2.36. The summed E-state index contributed by atoms with van der Waals surface area (Å²) in [5, 5.41) is 8.50. The smallest absolute Gasteiger partial charge is 0.253 e. The molecule has 1 N–H and O–H groups in total. The van der Waals surface area contributed by atoms with Crippen LogP contribution in [0.1, 0.15) is 60.8 Å². The van der Waals surface area contributed by atoms with Crippen molar-refractivity contribution in [2.45, 2.75) is 58.7 Å². The maximum atomic E-state index is 13.0. The Morgan fingerprint density at radius 3 is 2.80 bits per heavy atom. The summed E-state index contributed by atoms with van der Waals surface area (Å²) < 4.78 is 1.90. The molecule has 1 fully saturated rings. The number of carbonyl (C=O) groups is 1. The summed E-state index contributed by atoms with van der Waals surface area (Å²) in [7, 11) is 0. The molecule has 3 aromatic rings. The van der Waals surface area contributed by atoms with Crippen LogP contribution in [-0.2, 0) is 6.54 Å². The third-order valence-electron chi connectivity index (χ3n) is 5.97. The van der Waals surface area contributed by atoms with Gasteiger partial charge in [0.15, 0.2) is 5.65 Å². The van der Waals surface area contributed by atoms with E-state index in [0.717, 1.165) is 36.2 Å². The van der Waals surface area contributed by atoms with E-state index in [0.29, 0.717) is 18.2 Å². The second-order valence-corrected chi connectivity index (χ2v) is 8.53. The second kappa shape index (κ2) is 8.96. The van der Waals surface area contributed by atoms with Crippen molar-refractivity contribution in [3.8, 4) is 0 Å². The summed E-state index contributed by atoms with van der Waals surface area (Å²) in [5.41, 5.74) is 3.53. The summed E-state index contributed by atoms with van der Waals surface area (Å²) in [5.74, 6) is -0.0515. The Labute approximate surface area is 178 Å². The Morgan fingerprint density at radius 2 is 2.03 bits per heavy atom. The molecule has 4 rings (SSSR count). The Kier molecular flexibility index (Phi) is 6.13. The molecule has 30 heavy (non-hydrogen) atoms. The molecule has 0 radical (unpaired) electrons. The molecule has 1 unspecified atom stereocenters. The van der Waals surface area contributed by atoms with Gasteiger partial charge in [0, 0.05) is 30.6 Å². The van der Waals surface area contributed by atoms with Crippen molar-refractivity contribution in [2.75, 3.05) is 13.1 Å². The average Bonchev–Trinajstić information content (AvgIpc) is 3.16. The van der Waals surface area contributed by atoms with Crippen molar-refractivity contribution >= 4 is 16.9 Å². The van der Waals surface area contributed by atoms with Crippen molar-refractivity contribution in [3.05, 3.63) is 59.4 Å². The van der Waals surface area contributed by atoms with Crippen molar-refractivity contribution in [1.82, 2.24) is 25.0 Å². The molecular weight excluding hydrogens is 374 g/mol. The molecule has 0 aliphatic carbocycles. The summed E-state index contributed by atoms with van der Waals surface area (Å²) in [6, 6.07) is 13.1. The lowest BCUT2D eigenvalue weighted by Crippen LogP contribution is -2.46. The number of aryl methyl sites for hydroxylation is 1. The minimum absolute atomic E-state index is 0.0515. The SMILES string of the molecule is Cc1nc2c(cnn2C(C)C)cc1C(=O)NCC1CCCCN1Cc1ccccc1. The molecule has 3 heterocycles. The zero-order valence-electron chi connectivity index (χ0n) is 18.1. The van der Waals surface area contributed by atoms with E-state index in [9.17, 15) is 4.79 Å². The van der Waals surface area contributed by atoms with Crippen molar-refractivity contribution in [3.63, 3.8) is 0 Å². The highest BCUT2D eigenvalue weighted by atomic mass is 16.1.